The van der Waals surface area contributed by atoms with Crippen LogP contribution in [0.2, 0.25) is 0 Å². The lowest BCUT2D eigenvalue weighted by Gasteiger charge is -2.16. The van der Waals surface area contributed by atoms with Crippen molar-refractivity contribution in [1.29, 1.82) is 0 Å². The molecule has 3 rings (SSSR count). The Morgan fingerprint density at radius 3 is 1.92 bits per heavy atom. The number of carbonyl (C=O) groups is 5. The Morgan fingerprint density at radius 2 is 1.42 bits per heavy atom. The molecule has 1 aromatic carbocycles. The molecule has 0 saturated carbocycles. The quantitative estimate of drug-likeness (QED) is 0.0218. The van der Waals surface area contributed by atoms with Crippen molar-refractivity contribution in [2.45, 2.75) is 46.0 Å². The molecule has 1 saturated heterocycles. The molecule has 50 heavy (non-hydrogen) atoms. The average molecular weight is 709 g/mol. The number of carbonyl (C=O) groups excluding carboxylic acids is 5. The maximum atomic E-state index is 14.8. The van der Waals surface area contributed by atoms with Gasteiger partial charge in [-0.15, -0.1) is 5.06 Å². The van der Waals surface area contributed by atoms with Gasteiger partial charge in [0.05, 0.1) is 11.3 Å². The van der Waals surface area contributed by atoms with E-state index in [-0.39, 0.29) is 55.5 Å². The SMILES string of the molecule is CCCNc1nc(C(=O)NCCC(=O)ON2C(=O)CCC2=O)c(NCCC)nc1C(=O)NCCNc1c(F)c(N=[N+]=[N-])c(F)c(F)c1[N+](=O)[O-]. The monoisotopic (exact) mass is 708 g/mol. The molecule has 23 heteroatoms. The minimum atomic E-state index is -2.07. The van der Waals surface area contributed by atoms with Gasteiger partial charge in [0.15, 0.2) is 40.3 Å². The minimum Gasteiger partial charge on any atom is -0.375 e. The van der Waals surface area contributed by atoms with Gasteiger partial charge in [-0.3, -0.25) is 29.3 Å². The highest BCUT2D eigenvalue weighted by Crippen LogP contribution is 2.39. The van der Waals surface area contributed by atoms with Crippen molar-refractivity contribution in [1.82, 2.24) is 25.7 Å². The van der Waals surface area contributed by atoms with Crippen molar-refractivity contribution < 1.29 is 46.9 Å². The van der Waals surface area contributed by atoms with Crippen LogP contribution in [0.15, 0.2) is 5.11 Å². The van der Waals surface area contributed by atoms with Gasteiger partial charge >= 0.3 is 11.7 Å². The normalized spacial score (nSPS) is 12.2. The number of nitro groups is 1. The highest BCUT2D eigenvalue weighted by atomic mass is 19.2. The van der Waals surface area contributed by atoms with Gasteiger partial charge in [0.2, 0.25) is 5.82 Å². The second-order valence-corrected chi connectivity index (χ2v) is 10.2. The predicted molar refractivity (Wildman–Crippen MR) is 166 cm³/mol. The molecule has 2 heterocycles. The number of rotatable bonds is 18. The van der Waals surface area contributed by atoms with Crippen LogP contribution in [-0.2, 0) is 19.2 Å². The van der Waals surface area contributed by atoms with E-state index in [1.807, 2.05) is 13.8 Å². The first-order chi connectivity index (χ1) is 23.9. The lowest BCUT2D eigenvalue weighted by Crippen LogP contribution is -2.34. The van der Waals surface area contributed by atoms with Crippen LogP contribution in [0.25, 0.3) is 10.4 Å². The van der Waals surface area contributed by atoms with Crippen LogP contribution in [0.3, 0.4) is 0 Å². The number of nitrogens with zero attached hydrogens (tertiary/aromatic N) is 7. The van der Waals surface area contributed by atoms with Gasteiger partial charge < -0.3 is 31.4 Å². The number of azide groups is 1. The molecule has 1 aliphatic rings. The van der Waals surface area contributed by atoms with Crippen LogP contribution in [0.1, 0.15) is 66.9 Å². The van der Waals surface area contributed by atoms with E-state index in [1.165, 1.54) is 0 Å². The number of nitro benzene ring substituents is 1. The van der Waals surface area contributed by atoms with E-state index in [1.54, 1.807) is 0 Å². The maximum Gasteiger partial charge on any atom is 0.334 e. The molecule has 4 amide bonds. The summed E-state index contributed by atoms with van der Waals surface area (Å²) in [5.41, 5.74) is 3.84. The molecule has 0 aliphatic carbocycles. The molecule has 0 radical (unpaired) electrons. The summed E-state index contributed by atoms with van der Waals surface area (Å²) in [6.07, 6.45) is 0.548. The fraction of sp³-hybridized carbons (Fsp3) is 0.444. The van der Waals surface area contributed by atoms with Gasteiger partial charge in [0, 0.05) is 50.5 Å². The molecule has 268 valence electrons. The molecule has 2 aromatic rings. The van der Waals surface area contributed by atoms with Crippen molar-refractivity contribution in [3.63, 3.8) is 0 Å². The van der Waals surface area contributed by atoms with Gasteiger partial charge in [0.25, 0.3) is 23.6 Å². The molecule has 0 bridgehead atoms. The van der Waals surface area contributed by atoms with Gasteiger partial charge in [0.1, 0.15) is 5.69 Å². The van der Waals surface area contributed by atoms with E-state index >= 15 is 0 Å². The molecular weight excluding hydrogens is 677 g/mol. The summed E-state index contributed by atoms with van der Waals surface area (Å²) in [5, 5.41) is 27.3. The minimum absolute atomic E-state index is 0.0861. The molecule has 5 N–H and O–H groups in total. The fourth-order valence-corrected chi connectivity index (χ4v) is 4.20. The first-order valence-electron chi connectivity index (χ1n) is 15.0. The zero-order valence-corrected chi connectivity index (χ0v) is 26.6. The zero-order valence-electron chi connectivity index (χ0n) is 26.6. The number of hydroxylamine groups is 2. The lowest BCUT2D eigenvalue weighted by molar-refractivity contribution is -0.387. The number of hydrogen-bond acceptors (Lipinski definition) is 14. The molecule has 0 atom stereocenters. The summed E-state index contributed by atoms with van der Waals surface area (Å²) in [6.45, 7) is 3.06. The Kier molecular flexibility index (Phi) is 13.6. The summed E-state index contributed by atoms with van der Waals surface area (Å²) < 4.78 is 43.2. The highest BCUT2D eigenvalue weighted by Gasteiger charge is 2.34. The maximum absolute atomic E-state index is 14.8. The third-order valence-electron chi connectivity index (χ3n) is 6.54. The van der Waals surface area contributed by atoms with Crippen LogP contribution in [-0.4, -0.2) is 82.3 Å². The number of halogens is 3. The number of anilines is 3. The molecule has 1 fully saturated rings. The summed E-state index contributed by atoms with van der Waals surface area (Å²) in [5.74, 6) is -10.1. The first kappa shape index (κ1) is 38.2. The van der Waals surface area contributed by atoms with E-state index < -0.39 is 82.0 Å². The van der Waals surface area contributed by atoms with Crippen LogP contribution >= 0.6 is 0 Å². The molecule has 0 unspecified atom stereocenters. The Labute approximate surface area is 280 Å². The highest BCUT2D eigenvalue weighted by molar-refractivity contribution is 6.02. The van der Waals surface area contributed by atoms with Crippen LogP contribution in [0, 0.1) is 27.6 Å². The number of benzene rings is 1. The van der Waals surface area contributed by atoms with E-state index in [9.17, 15) is 47.3 Å². The predicted octanol–water partition coefficient (Wildman–Crippen LogP) is 2.96. The van der Waals surface area contributed by atoms with E-state index in [4.69, 9.17) is 10.4 Å². The van der Waals surface area contributed by atoms with Crippen LogP contribution in [0.4, 0.5) is 41.9 Å². The Hall–Kier alpha value is -6.25. The van der Waals surface area contributed by atoms with Crippen molar-refractivity contribution in [3.05, 3.63) is 49.4 Å². The molecule has 1 aliphatic heterocycles. The topological polar surface area (TPSA) is 276 Å². The molecule has 0 spiro atoms. The number of imide groups is 1. The molecular formula is C27H31F3N12O8. The van der Waals surface area contributed by atoms with E-state index in [2.05, 4.69) is 46.6 Å². The number of hydrogen-bond donors (Lipinski definition) is 5. The summed E-state index contributed by atoms with van der Waals surface area (Å²) in [4.78, 5) is 87.2. The Morgan fingerprint density at radius 1 is 0.880 bits per heavy atom. The zero-order chi connectivity index (χ0) is 37.0. The third kappa shape index (κ3) is 9.21. The third-order valence-corrected chi connectivity index (χ3v) is 6.54. The summed E-state index contributed by atoms with van der Waals surface area (Å²) >= 11 is 0. The first-order valence-corrected chi connectivity index (χ1v) is 15.0. The Bertz CT molecular complexity index is 1720. The van der Waals surface area contributed by atoms with Gasteiger partial charge in [-0.25, -0.2) is 23.5 Å². The van der Waals surface area contributed by atoms with Crippen molar-refractivity contribution in [2.24, 2.45) is 5.11 Å². The largest absolute Gasteiger partial charge is 0.375 e. The summed E-state index contributed by atoms with van der Waals surface area (Å²) in [6, 6.07) is 0. The van der Waals surface area contributed by atoms with Crippen LogP contribution in [0.5, 0.6) is 0 Å². The van der Waals surface area contributed by atoms with E-state index in [0.717, 1.165) is 0 Å². The Balaban J connectivity index is 1.77. The van der Waals surface area contributed by atoms with Crippen molar-refractivity contribution in [3.8, 4) is 0 Å². The average Bonchev–Trinajstić information content (AvgIpc) is 3.40. The second-order valence-electron chi connectivity index (χ2n) is 10.2. The second kappa shape index (κ2) is 17.8. The van der Waals surface area contributed by atoms with Crippen LogP contribution < -0.4 is 26.6 Å². The lowest BCUT2D eigenvalue weighted by atomic mass is 10.2. The number of amides is 4. The standard InChI is InChI=1S/C27H31F3N12O8/c1-3-8-33-24-21(26(46)35-10-7-15(45)50-41-13(43)5-6-14(41)44)37-25(34-9-4-2)22(38-24)27(47)36-12-11-32-20-18(30)19(39-40-31)16(28)17(29)23(20)42(48)49/h32H,3-12H2,1-2H3,(H,33,38)(H,34,37)(H,35,46)(H,36,47). The molecule has 20 nitrogen and oxygen atoms in total. The van der Waals surface area contributed by atoms with E-state index in [0.29, 0.717) is 24.4 Å². The molecule has 1 aromatic heterocycles. The van der Waals surface area contributed by atoms with Gasteiger partial charge in [-0.2, -0.15) is 4.39 Å². The number of nitrogens with one attached hydrogen (secondary N) is 5. The fourth-order valence-electron chi connectivity index (χ4n) is 4.20. The van der Waals surface area contributed by atoms with Gasteiger partial charge in [-0.05, 0) is 18.4 Å². The van der Waals surface area contributed by atoms with Crippen molar-refractivity contribution >= 4 is 58.3 Å². The smallest absolute Gasteiger partial charge is 0.334 e. The number of aromatic nitrogens is 2. The summed E-state index contributed by atoms with van der Waals surface area (Å²) in [7, 11) is 0. The van der Waals surface area contributed by atoms with Gasteiger partial charge in [-0.1, -0.05) is 19.0 Å². The van der Waals surface area contributed by atoms with Crippen molar-refractivity contribution in [2.75, 3.05) is 48.7 Å².